The monoisotopic (exact) mass is 257 g/mol. The molecular formula is C12H20ClN3O. The fourth-order valence-electron chi connectivity index (χ4n) is 1.63. The van der Waals surface area contributed by atoms with E-state index >= 15 is 0 Å². The van der Waals surface area contributed by atoms with Crippen molar-refractivity contribution in [3.63, 3.8) is 0 Å². The van der Waals surface area contributed by atoms with E-state index in [2.05, 4.69) is 35.6 Å². The smallest absolute Gasteiger partial charge is 0.158 e. The van der Waals surface area contributed by atoms with Gasteiger partial charge in [-0.25, -0.2) is 9.97 Å². The average molecular weight is 258 g/mol. The second-order valence-corrected chi connectivity index (χ2v) is 5.70. The van der Waals surface area contributed by atoms with Crippen LogP contribution in [-0.2, 0) is 11.3 Å². The molecule has 0 radical (unpaired) electrons. The summed E-state index contributed by atoms with van der Waals surface area (Å²) in [5.41, 5.74) is 0.202. The highest BCUT2D eigenvalue weighted by atomic mass is 35.5. The molecule has 4 nitrogen and oxygen atoms in total. The van der Waals surface area contributed by atoms with Gasteiger partial charge in [-0.05, 0) is 5.41 Å². The summed E-state index contributed by atoms with van der Waals surface area (Å²) in [6.07, 6.45) is 0. The predicted molar refractivity (Wildman–Crippen MR) is 70.5 cm³/mol. The zero-order valence-electron chi connectivity index (χ0n) is 11.1. The summed E-state index contributed by atoms with van der Waals surface area (Å²) in [6.45, 7) is 7.82. The van der Waals surface area contributed by atoms with Gasteiger partial charge < -0.3 is 9.64 Å². The van der Waals surface area contributed by atoms with Crippen molar-refractivity contribution in [1.29, 1.82) is 0 Å². The van der Waals surface area contributed by atoms with Crippen LogP contribution >= 0.6 is 11.6 Å². The molecule has 0 aromatic carbocycles. The van der Waals surface area contributed by atoms with Crippen LogP contribution in [0.3, 0.4) is 0 Å². The SMILES string of the molecule is COCc1nc(Cl)cc(N(C)CC(C)(C)C)n1. The highest BCUT2D eigenvalue weighted by Gasteiger charge is 2.15. The zero-order valence-corrected chi connectivity index (χ0v) is 11.9. The van der Waals surface area contributed by atoms with Crippen molar-refractivity contribution in [2.45, 2.75) is 27.4 Å². The lowest BCUT2D eigenvalue weighted by Gasteiger charge is -2.27. The minimum atomic E-state index is 0.202. The Labute approximate surface area is 108 Å². The summed E-state index contributed by atoms with van der Waals surface area (Å²) in [5.74, 6) is 1.43. The molecule has 0 saturated carbocycles. The van der Waals surface area contributed by atoms with E-state index in [1.807, 2.05) is 7.05 Å². The molecule has 0 aliphatic heterocycles. The van der Waals surface area contributed by atoms with Gasteiger partial charge in [-0.3, -0.25) is 0 Å². The number of hydrogen-bond acceptors (Lipinski definition) is 4. The molecule has 0 amide bonds. The third kappa shape index (κ3) is 4.88. The van der Waals surface area contributed by atoms with Crippen LogP contribution in [0.4, 0.5) is 5.82 Å². The Hall–Kier alpha value is -0.870. The first kappa shape index (κ1) is 14.2. The molecule has 0 saturated heterocycles. The van der Waals surface area contributed by atoms with Gasteiger partial charge in [0.2, 0.25) is 0 Å². The largest absolute Gasteiger partial charge is 0.377 e. The average Bonchev–Trinajstić information content (AvgIpc) is 2.14. The Balaban J connectivity index is 2.89. The Morgan fingerprint density at radius 2 is 2.00 bits per heavy atom. The first-order valence-electron chi connectivity index (χ1n) is 5.55. The first-order valence-corrected chi connectivity index (χ1v) is 5.93. The Morgan fingerprint density at radius 3 is 2.53 bits per heavy atom. The second-order valence-electron chi connectivity index (χ2n) is 5.31. The van der Waals surface area contributed by atoms with Crippen molar-refractivity contribution < 1.29 is 4.74 Å². The van der Waals surface area contributed by atoms with Crippen LogP contribution < -0.4 is 4.90 Å². The van der Waals surface area contributed by atoms with Crippen LogP contribution in [0.15, 0.2) is 6.07 Å². The summed E-state index contributed by atoms with van der Waals surface area (Å²) >= 11 is 5.97. The van der Waals surface area contributed by atoms with Gasteiger partial charge in [0.05, 0.1) is 0 Å². The van der Waals surface area contributed by atoms with E-state index in [4.69, 9.17) is 16.3 Å². The maximum atomic E-state index is 5.97. The summed E-state index contributed by atoms with van der Waals surface area (Å²) in [5, 5.41) is 0.447. The van der Waals surface area contributed by atoms with E-state index in [1.165, 1.54) is 0 Å². The second kappa shape index (κ2) is 5.65. The Morgan fingerprint density at radius 1 is 1.35 bits per heavy atom. The number of hydrogen-bond donors (Lipinski definition) is 0. The first-order chi connectivity index (χ1) is 7.81. The molecular weight excluding hydrogens is 238 g/mol. The lowest BCUT2D eigenvalue weighted by atomic mass is 9.96. The number of aromatic nitrogens is 2. The van der Waals surface area contributed by atoms with E-state index < -0.39 is 0 Å². The van der Waals surface area contributed by atoms with Crippen molar-refractivity contribution in [2.75, 3.05) is 25.6 Å². The van der Waals surface area contributed by atoms with E-state index in [0.29, 0.717) is 17.6 Å². The zero-order chi connectivity index (χ0) is 13.1. The standard InChI is InChI=1S/C12H20ClN3O/c1-12(2,3)8-16(4)11-6-9(13)14-10(15-11)7-17-5/h6H,7-8H2,1-5H3. The number of halogens is 1. The molecule has 5 heteroatoms. The lowest BCUT2D eigenvalue weighted by molar-refractivity contribution is 0.178. The fraction of sp³-hybridized carbons (Fsp3) is 0.667. The number of ether oxygens (including phenoxy) is 1. The number of anilines is 1. The van der Waals surface area contributed by atoms with Crippen molar-refractivity contribution in [3.05, 3.63) is 17.0 Å². The number of nitrogens with zero attached hydrogens (tertiary/aromatic N) is 3. The molecule has 1 heterocycles. The third-order valence-electron chi connectivity index (χ3n) is 2.10. The number of methoxy groups -OCH3 is 1. The molecule has 0 spiro atoms. The van der Waals surface area contributed by atoms with Gasteiger partial charge >= 0.3 is 0 Å². The molecule has 1 rings (SSSR count). The summed E-state index contributed by atoms with van der Waals surface area (Å²) in [6, 6.07) is 1.77. The van der Waals surface area contributed by atoms with Gasteiger partial charge in [0.15, 0.2) is 5.82 Å². The maximum absolute atomic E-state index is 5.97. The van der Waals surface area contributed by atoms with Crippen LogP contribution in [0.2, 0.25) is 5.15 Å². The van der Waals surface area contributed by atoms with Gasteiger partial charge in [-0.15, -0.1) is 0 Å². The molecule has 0 unspecified atom stereocenters. The molecule has 1 aromatic heterocycles. The molecule has 0 bridgehead atoms. The minimum absolute atomic E-state index is 0.202. The third-order valence-corrected chi connectivity index (χ3v) is 2.30. The maximum Gasteiger partial charge on any atom is 0.158 e. The molecule has 17 heavy (non-hydrogen) atoms. The minimum Gasteiger partial charge on any atom is -0.377 e. The normalized spacial score (nSPS) is 11.6. The van der Waals surface area contributed by atoms with Crippen molar-refractivity contribution in [1.82, 2.24) is 9.97 Å². The van der Waals surface area contributed by atoms with Crippen LogP contribution in [0.1, 0.15) is 26.6 Å². The highest BCUT2D eigenvalue weighted by Crippen LogP contribution is 2.20. The predicted octanol–water partition coefficient (Wildman–Crippen LogP) is 2.76. The quantitative estimate of drug-likeness (QED) is 0.778. The van der Waals surface area contributed by atoms with Gasteiger partial charge in [-0.1, -0.05) is 32.4 Å². The van der Waals surface area contributed by atoms with Gasteiger partial charge in [0, 0.05) is 26.8 Å². The van der Waals surface area contributed by atoms with Gasteiger partial charge in [0.1, 0.15) is 17.6 Å². The molecule has 0 atom stereocenters. The Kier molecular flexibility index (Phi) is 4.71. The van der Waals surface area contributed by atoms with Gasteiger partial charge in [-0.2, -0.15) is 0 Å². The van der Waals surface area contributed by atoms with Crippen molar-refractivity contribution >= 4 is 17.4 Å². The molecule has 1 aromatic rings. The molecule has 0 fully saturated rings. The fourth-order valence-corrected chi connectivity index (χ4v) is 1.83. The topological polar surface area (TPSA) is 38.2 Å². The molecule has 0 N–H and O–H groups in total. The summed E-state index contributed by atoms with van der Waals surface area (Å²) in [4.78, 5) is 10.6. The van der Waals surface area contributed by atoms with Crippen LogP contribution in [0.5, 0.6) is 0 Å². The number of rotatable bonds is 4. The molecule has 0 aliphatic rings. The van der Waals surface area contributed by atoms with Crippen molar-refractivity contribution in [3.8, 4) is 0 Å². The lowest BCUT2D eigenvalue weighted by Crippen LogP contribution is -2.30. The highest BCUT2D eigenvalue weighted by molar-refractivity contribution is 6.29. The van der Waals surface area contributed by atoms with Crippen LogP contribution in [0, 0.1) is 5.41 Å². The summed E-state index contributed by atoms with van der Waals surface area (Å²) in [7, 11) is 3.61. The summed E-state index contributed by atoms with van der Waals surface area (Å²) < 4.78 is 5.02. The van der Waals surface area contributed by atoms with E-state index in [-0.39, 0.29) is 5.41 Å². The van der Waals surface area contributed by atoms with Gasteiger partial charge in [0.25, 0.3) is 0 Å². The van der Waals surface area contributed by atoms with E-state index in [0.717, 1.165) is 12.4 Å². The molecule has 0 aliphatic carbocycles. The van der Waals surface area contributed by atoms with Crippen LogP contribution in [0.25, 0.3) is 0 Å². The molecule has 96 valence electrons. The van der Waals surface area contributed by atoms with E-state index in [1.54, 1.807) is 13.2 Å². The van der Waals surface area contributed by atoms with Crippen LogP contribution in [-0.4, -0.2) is 30.7 Å². The van der Waals surface area contributed by atoms with Crippen molar-refractivity contribution in [2.24, 2.45) is 5.41 Å². The Bertz CT molecular complexity index is 377. The van der Waals surface area contributed by atoms with E-state index in [9.17, 15) is 0 Å².